The van der Waals surface area contributed by atoms with Gasteiger partial charge in [0.15, 0.2) is 0 Å². The number of morpholine rings is 1. The van der Waals surface area contributed by atoms with E-state index in [9.17, 15) is 19.1 Å². The Bertz CT molecular complexity index is 835. The van der Waals surface area contributed by atoms with Gasteiger partial charge in [0.2, 0.25) is 5.91 Å². The molecule has 0 radical (unpaired) electrons. The van der Waals surface area contributed by atoms with E-state index in [2.05, 4.69) is 10.2 Å². The Kier molecular flexibility index (Phi) is 9.45. The molecular weight excluding hydrogens is 457 g/mol. The first-order chi connectivity index (χ1) is 17.0. The number of aliphatic hydroxyl groups excluding tert-OH is 1. The second kappa shape index (κ2) is 12.7. The number of carbonyl (C=O) groups excluding carboxylic acids is 2. The van der Waals surface area contributed by atoms with Crippen molar-refractivity contribution in [1.82, 2.24) is 15.1 Å². The van der Waals surface area contributed by atoms with Crippen LogP contribution in [0.2, 0.25) is 0 Å². The SMILES string of the molecule is O=C(C[C@H]1CC[C@@H]2[C@H](COC[C@H](O)CN2C(=O)c2ccc(F)cc2)O1)NCCCN1CCOCC1. The van der Waals surface area contributed by atoms with E-state index in [1.807, 2.05) is 0 Å². The van der Waals surface area contributed by atoms with Crippen molar-refractivity contribution < 1.29 is 33.3 Å². The minimum Gasteiger partial charge on any atom is -0.389 e. The fraction of sp³-hybridized carbons (Fsp3) is 0.680. The van der Waals surface area contributed by atoms with Crippen LogP contribution >= 0.6 is 0 Å². The molecule has 3 heterocycles. The molecule has 2 N–H and O–H groups in total. The van der Waals surface area contributed by atoms with Gasteiger partial charge < -0.3 is 29.5 Å². The van der Waals surface area contributed by atoms with E-state index in [0.717, 1.165) is 39.3 Å². The lowest BCUT2D eigenvalue weighted by Gasteiger charge is -2.44. The second-order valence-electron chi connectivity index (χ2n) is 9.46. The largest absolute Gasteiger partial charge is 0.389 e. The third kappa shape index (κ3) is 7.44. The van der Waals surface area contributed by atoms with Crippen molar-refractivity contribution >= 4 is 11.8 Å². The van der Waals surface area contributed by atoms with Crippen molar-refractivity contribution in [2.24, 2.45) is 0 Å². The number of halogens is 1. The van der Waals surface area contributed by atoms with Crippen LogP contribution < -0.4 is 5.32 Å². The number of nitrogens with zero attached hydrogens (tertiary/aromatic N) is 2. The van der Waals surface area contributed by atoms with Crippen molar-refractivity contribution in [3.63, 3.8) is 0 Å². The minimum absolute atomic E-state index is 0.0446. The predicted octanol–water partition coefficient (Wildman–Crippen LogP) is 0.804. The average molecular weight is 494 g/mol. The summed E-state index contributed by atoms with van der Waals surface area (Å²) in [5, 5.41) is 13.3. The molecule has 2 amide bonds. The Labute approximate surface area is 205 Å². The highest BCUT2D eigenvalue weighted by Gasteiger charge is 2.40. The van der Waals surface area contributed by atoms with Gasteiger partial charge in [-0.1, -0.05) is 0 Å². The zero-order valence-corrected chi connectivity index (χ0v) is 20.1. The summed E-state index contributed by atoms with van der Waals surface area (Å²) in [6, 6.07) is 5.10. The van der Waals surface area contributed by atoms with Gasteiger partial charge >= 0.3 is 0 Å². The number of ether oxygens (including phenoxy) is 3. The minimum atomic E-state index is -0.818. The number of aliphatic hydroxyl groups is 1. The molecule has 35 heavy (non-hydrogen) atoms. The first kappa shape index (κ1) is 26.0. The van der Waals surface area contributed by atoms with Gasteiger partial charge in [0.1, 0.15) is 11.9 Å². The molecule has 1 aromatic carbocycles. The Morgan fingerprint density at radius 1 is 1.09 bits per heavy atom. The van der Waals surface area contributed by atoms with Gasteiger partial charge in [0.05, 0.1) is 51.1 Å². The number of fused-ring (bicyclic) bond motifs is 1. The number of hydrogen-bond acceptors (Lipinski definition) is 7. The van der Waals surface area contributed by atoms with Crippen LogP contribution in [0.15, 0.2) is 24.3 Å². The standard InChI is InChI=1S/C25H36FN3O6/c26-19-4-2-18(3-5-19)25(32)29-15-20(30)16-34-17-23-22(29)7-6-21(35-23)14-24(31)27-8-1-9-28-10-12-33-13-11-28/h2-5,20-23,30H,1,6-17H2,(H,27,31)/t20-,21-,22-,23+/m1/s1. The van der Waals surface area contributed by atoms with E-state index in [1.54, 1.807) is 4.90 Å². The van der Waals surface area contributed by atoms with Crippen LogP contribution in [-0.2, 0) is 19.0 Å². The maximum absolute atomic E-state index is 13.3. The molecular formula is C25H36FN3O6. The molecule has 194 valence electrons. The zero-order chi connectivity index (χ0) is 24.6. The number of nitrogens with one attached hydrogen (secondary N) is 1. The van der Waals surface area contributed by atoms with Gasteiger partial charge in [-0.25, -0.2) is 4.39 Å². The van der Waals surface area contributed by atoms with Crippen molar-refractivity contribution in [3.05, 3.63) is 35.6 Å². The topological polar surface area (TPSA) is 101 Å². The van der Waals surface area contributed by atoms with Crippen LogP contribution in [0.5, 0.6) is 0 Å². The lowest BCUT2D eigenvalue weighted by atomic mass is 9.94. The van der Waals surface area contributed by atoms with E-state index in [0.29, 0.717) is 24.9 Å². The summed E-state index contributed by atoms with van der Waals surface area (Å²) in [6.45, 7) is 5.39. The third-order valence-corrected chi connectivity index (χ3v) is 6.82. The molecule has 0 aromatic heterocycles. The van der Waals surface area contributed by atoms with Crippen LogP contribution in [0.3, 0.4) is 0 Å². The van der Waals surface area contributed by atoms with E-state index in [-0.39, 0.29) is 50.1 Å². The molecule has 0 aliphatic carbocycles. The summed E-state index contributed by atoms with van der Waals surface area (Å²) in [5.41, 5.74) is 0.359. The average Bonchev–Trinajstić information content (AvgIpc) is 2.85. The second-order valence-corrected chi connectivity index (χ2v) is 9.46. The lowest BCUT2D eigenvalue weighted by molar-refractivity contribution is -0.150. The summed E-state index contributed by atoms with van der Waals surface area (Å²) >= 11 is 0. The molecule has 3 aliphatic heterocycles. The van der Waals surface area contributed by atoms with Gasteiger partial charge in [-0.15, -0.1) is 0 Å². The van der Waals surface area contributed by atoms with E-state index >= 15 is 0 Å². The highest BCUT2D eigenvalue weighted by molar-refractivity contribution is 5.94. The fourth-order valence-electron chi connectivity index (χ4n) is 4.97. The summed E-state index contributed by atoms with van der Waals surface area (Å²) in [5.74, 6) is -0.735. The first-order valence-corrected chi connectivity index (χ1v) is 12.5. The molecule has 10 heteroatoms. The number of hydrogen-bond donors (Lipinski definition) is 2. The lowest BCUT2D eigenvalue weighted by Crippen LogP contribution is -2.57. The molecule has 9 nitrogen and oxygen atoms in total. The molecule has 3 fully saturated rings. The highest BCUT2D eigenvalue weighted by atomic mass is 19.1. The molecule has 0 saturated carbocycles. The van der Waals surface area contributed by atoms with Gasteiger partial charge in [-0.3, -0.25) is 14.5 Å². The van der Waals surface area contributed by atoms with Crippen molar-refractivity contribution in [3.8, 4) is 0 Å². The zero-order valence-electron chi connectivity index (χ0n) is 20.1. The number of benzene rings is 1. The molecule has 4 rings (SSSR count). The van der Waals surface area contributed by atoms with Crippen LogP contribution in [-0.4, -0.2) is 110 Å². The number of amides is 2. The molecule has 0 unspecified atom stereocenters. The summed E-state index contributed by atoms with van der Waals surface area (Å²) in [7, 11) is 0. The van der Waals surface area contributed by atoms with Gasteiger partial charge in [0.25, 0.3) is 5.91 Å². The normalized spacial score (nSPS) is 28.0. The Morgan fingerprint density at radius 3 is 2.63 bits per heavy atom. The molecule has 3 aliphatic rings. The maximum atomic E-state index is 13.3. The molecule has 4 atom stereocenters. The number of rotatable bonds is 7. The van der Waals surface area contributed by atoms with Crippen LogP contribution in [0.1, 0.15) is 36.0 Å². The van der Waals surface area contributed by atoms with E-state index in [1.165, 1.54) is 24.3 Å². The first-order valence-electron chi connectivity index (χ1n) is 12.5. The van der Waals surface area contributed by atoms with Gasteiger partial charge in [-0.05, 0) is 50.1 Å². The smallest absolute Gasteiger partial charge is 0.254 e. The van der Waals surface area contributed by atoms with Crippen LogP contribution in [0.25, 0.3) is 0 Å². The predicted molar refractivity (Wildman–Crippen MR) is 125 cm³/mol. The van der Waals surface area contributed by atoms with Crippen LogP contribution in [0.4, 0.5) is 4.39 Å². The number of β-amino-alcohol motifs (C(OH)–C–C–N with tert-alkyl or cyclic N) is 1. The summed E-state index contributed by atoms with van der Waals surface area (Å²) < 4.78 is 30.5. The summed E-state index contributed by atoms with van der Waals surface area (Å²) in [6.07, 6.45) is 0.912. The van der Waals surface area contributed by atoms with E-state index in [4.69, 9.17) is 14.2 Å². The van der Waals surface area contributed by atoms with Crippen molar-refractivity contribution in [1.29, 1.82) is 0 Å². The van der Waals surface area contributed by atoms with Crippen molar-refractivity contribution in [2.45, 2.75) is 50.0 Å². The Morgan fingerprint density at radius 2 is 1.86 bits per heavy atom. The highest BCUT2D eigenvalue weighted by Crippen LogP contribution is 2.28. The molecule has 1 aromatic rings. The maximum Gasteiger partial charge on any atom is 0.254 e. The van der Waals surface area contributed by atoms with Gasteiger partial charge in [0, 0.05) is 31.7 Å². The summed E-state index contributed by atoms with van der Waals surface area (Å²) in [4.78, 5) is 29.7. The van der Waals surface area contributed by atoms with Gasteiger partial charge in [-0.2, -0.15) is 0 Å². The quantitative estimate of drug-likeness (QED) is 0.542. The van der Waals surface area contributed by atoms with E-state index < -0.39 is 18.0 Å². The molecule has 0 spiro atoms. The third-order valence-electron chi connectivity index (χ3n) is 6.82. The molecule has 0 bridgehead atoms. The Hall–Kier alpha value is -2.11. The number of carbonyl (C=O) groups is 2. The van der Waals surface area contributed by atoms with Crippen molar-refractivity contribution in [2.75, 3.05) is 59.2 Å². The molecule has 3 saturated heterocycles. The Balaban J connectivity index is 1.28. The fourth-order valence-corrected chi connectivity index (χ4v) is 4.97. The monoisotopic (exact) mass is 493 g/mol. The van der Waals surface area contributed by atoms with Crippen LogP contribution in [0, 0.1) is 5.82 Å².